The number of aromatic nitrogens is 2. The number of hydrogen-bond acceptors (Lipinski definition) is 4. The summed E-state index contributed by atoms with van der Waals surface area (Å²) in [7, 11) is -1.01. The number of aryl methyl sites for hydroxylation is 1. The molecule has 0 aliphatic rings. The van der Waals surface area contributed by atoms with Gasteiger partial charge in [-0.05, 0) is 12.8 Å². The van der Waals surface area contributed by atoms with Crippen LogP contribution in [-0.2, 0) is 41.4 Å². The third-order valence-electron chi connectivity index (χ3n) is 3.08. The van der Waals surface area contributed by atoms with Gasteiger partial charge >= 0.3 is 11.7 Å². The van der Waals surface area contributed by atoms with Gasteiger partial charge in [0.25, 0.3) is 0 Å². The molecule has 7 heteroatoms. The summed E-state index contributed by atoms with van der Waals surface area (Å²) < 4.78 is 12.7. The summed E-state index contributed by atoms with van der Waals surface area (Å²) in [4.78, 5) is 27.0. The van der Waals surface area contributed by atoms with Crippen LogP contribution in [0.4, 0.5) is 0 Å². The number of carbonyl (C=O) groups is 1. The largest absolute Gasteiger partial charge is 0.481 e. The highest BCUT2D eigenvalue weighted by molar-refractivity contribution is 7.84. The second-order valence-electron chi connectivity index (χ2n) is 4.47. The van der Waals surface area contributed by atoms with E-state index in [-0.39, 0.29) is 6.42 Å². The second-order valence-corrected chi connectivity index (χ2v) is 6.03. The quantitative estimate of drug-likeness (QED) is 0.786. The number of nitrogens with zero attached hydrogens (tertiary/aromatic N) is 2. The van der Waals surface area contributed by atoms with Crippen molar-refractivity contribution in [2.75, 3.05) is 12.0 Å². The van der Waals surface area contributed by atoms with Gasteiger partial charge in [0.1, 0.15) is 0 Å². The minimum Gasteiger partial charge on any atom is -0.481 e. The predicted octanol–water partition coefficient (Wildman–Crippen LogP) is 0.374. The zero-order chi connectivity index (χ0) is 15.3. The molecular weight excluding hydrogens is 280 g/mol. The molecule has 0 amide bonds. The Kier molecular flexibility index (Phi) is 6.06. The maximum absolute atomic E-state index is 12.0. The summed E-state index contributed by atoms with van der Waals surface area (Å²) in [6.45, 7) is 4.02. The summed E-state index contributed by atoms with van der Waals surface area (Å²) in [6.07, 6.45) is 2.49. The van der Waals surface area contributed by atoms with Crippen LogP contribution in [0.15, 0.2) is 4.79 Å². The molecule has 0 saturated carbocycles. The molecule has 1 aromatic heterocycles. The lowest BCUT2D eigenvalue weighted by atomic mass is 10.0. The highest BCUT2D eigenvalue weighted by Gasteiger charge is 2.17. The molecule has 1 rings (SSSR count). The predicted molar refractivity (Wildman–Crippen MR) is 77.5 cm³/mol. The van der Waals surface area contributed by atoms with Crippen LogP contribution in [0.25, 0.3) is 0 Å². The highest BCUT2D eigenvalue weighted by Crippen LogP contribution is 2.14. The Morgan fingerprint density at radius 2 is 2.00 bits per heavy atom. The van der Waals surface area contributed by atoms with Crippen LogP contribution < -0.4 is 5.69 Å². The average molecular weight is 300 g/mol. The maximum atomic E-state index is 12.0. The van der Waals surface area contributed by atoms with Gasteiger partial charge in [-0.2, -0.15) is 4.98 Å². The standard InChI is InChI=1S/C13H20N2O4S/c1-4-10-9(8-12(16)17)11(5-2)15(13(18)14-10)6-7-20(3)19/h4-8H2,1-3H3,(H,16,17). The third kappa shape index (κ3) is 4.00. The number of hydrogen-bond donors (Lipinski definition) is 1. The monoisotopic (exact) mass is 300 g/mol. The summed E-state index contributed by atoms with van der Waals surface area (Å²) >= 11 is 0. The van der Waals surface area contributed by atoms with Gasteiger partial charge in [-0.1, -0.05) is 13.8 Å². The molecule has 0 aromatic carbocycles. The number of carboxylic acids is 1. The van der Waals surface area contributed by atoms with Crippen LogP contribution >= 0.6 is 0 Å². The minimum absolute atomic E-state index is 0.144. The Hall–Kier alpha value is -1.50. The van der Waals surface area contributed by atoms with Crippen LogP contribution in [0, 0.1) is 0 Å². The normalized spacial score (nSPS) is 12.3. The van der Waals surface area contributed by atoms with Crippen LogP contribution in [-0.4, -0.2) is 36.8 Å². The van der Waals surface area contributed by atoms with E-state index in [0.29, 0.717) is 42.1 Å². The summed E-state index contributed by atoms with van der Waals surface area (Å²) in [5.74, 6) is -0.590. The molecule has 1 aromatic rings. The van der Waals surface area contributed by atoms with Crippen molar-refractivity contribution in [1.82, 2.24) is 9.55 Å². The van der Waals surface area contributed by atoms with Crippen molar-refractivity contribution in [3.8, 4) is 0 Å². The van der Waals surface area contributed by atoms with Gasteiger partial charge in [-0.25, -0.2) is 4.79 Å². The van der Waals surface area contributed by atoms with E-state index in [9.17, 15) is 13.8 Å². The van der Waals surface area contributed by atoms with E-state index in [0.717, 1.165) is 0 Å². The fourth-order valence-electron chi connectivity index (χ4n) is 2.19. The van der Waals surface area contributed by atoms with Crippen LogP contribution in [0.3, 0.4) is 0 Å². The molecule has 0 radical (unpaired) electrons. The lowest BCUT2D eigenvalue weighted by Crippen LogP contribution is -2.31. The van der Waals surface area contributed by atoms with Crippen LogP contribution in [0.1, 0.15) is 30.8 Å². The molecule has 0 fully saturated rings. The van der Waals surface area contributed by atoms with Crippen molar-refractivity contribution >= 4 is 16.8 Å². The van der Waals surface area contributed by atoms with Gasteiger partial charge in [-0.3, -0.25) is 13.6 Å². The highest BCUT2D eigenvalue weighted by atomic mass is 32.2. The first-order chi connectivity index (χ1) is 9.40. The summed E-state index contributed by atoms with van der Waals surface area (Å²) in [5.41, 5.74) is 1.46. The van der Waals surface area contributed by atoms with E-state index in [1.54, 1.807) is 6.26 Å². The van der Waals surface area contributed by atoms with Gasteiger partial charge in [-0.15, -0.1) is 0 Å². The first kappa shape index (κ1) is 16.6. The molecule has 1 heterocycles. The van der Waals surface area contributed by atoms with Gasteiger partial charge in [0.2, 0.25) is 0 Å². The topological polar surface area (TPSA) is 89.3 Å². The molecule has 20 heavy (non-hydrogen) atoms. The summed E-state index contributed by atoms with van der Waals surface area (Å²) in [5, 5.41) is 9.02. The molecule has 0 spiro atoms. The van der Waals surface area contributed by atoms with Gasteiger partial charge in [0.15, 0.2) is 0 Å². The lowest BCUT2D eigenvalue weighted by Gasteiger charge is -2.17. The zero-order valence-electron chi connectivity index (χ0n) is 12.0. The zero-order valence-corrected chi connectivity index (χ0v) is 12.8. The van der Waals surface area contributed by atoms with Crippen LogP contribution in [0.2, 0.25) is 0 Å². The molecule has 1 N–H and O–H groups in total. The van der Waals surface area contributed by atoms with Crippen molar-refractivity contribution in [3.63, 3.8) is 0 Å². The smallest absolute Gasteiger partial charge is 0.348 e. The molecule has 0 aliphatic heterocycles. The molecule has 0 saturated heterocycles. The van der Waals surface area contributed by atoms with Gasteiger partial charge in [0, 0.05) is 40.6 Å². The fraction of sp³-hybridized carbons (Fsp3) is 0.615. The number of aliphatic carboxylic acids is 1. The average Bonchev–Trinajstić information content (AvgIpc) is 2.37. The minimum atomic E-state index is -1.01. The first-order valence-corrected chi connectivity index (χ1v) is 8.26. The number of carboxylic acid groups (broad SMARTS) is 1. The van der Waals surface area contributed by atoms with Crippen molar-refractivity contribution in [3.05, 3.63) is 27.4 Å². The molecule has 0 bridgehead atoms. The van der Waals surface area contributed by atoms with Gasteiger partial charge in [0.05, 0.1) is 12.1 Å². The Labute approximate surface area is 120 Å². The first-order valence-electron chi connectivity index (χ1n) is 6.53. The van der Waals surface area contributed by atoms with E-state index in [1.807, 2.05) is 13.8 Å². The molecule has 1 atom stereocenters. The Morgan fingerprint density at radius 1 is 1.35 bits per heavy atom. The van der Waals surface area contributed by atoms with E-state index in [2.05, 4.69) is 4.98 Å². The molecule has 6 nitrogen and oxygen atoms in total. The van der Waals surface area contributed by atoms with Crippen molar-refractivity contribution in [2.45, 2.75) is 39.7 Å². The Morgan fingerprint density at radius 3 is 2.45 bits per heavy atom. The van der Waals surface area contributed by atoms with E-state index >= 15 is 0 Å². The molecular formula is C13H20N2O4S. The van der Waals surface area contributed by atoms with Crippen molar-refractivity contribution in [2.24, 2.45) is 0 Å². The Balaban J connectivity index is 3.39. The molecule has 0 aliphatic carbocycles. The van der Waals surface area contributed by atoms with Gasteiger partial charge < -0.3 is 5.11 Å². The Bertz CT molecular complexity index is 580. The second kappa shape index (κ2) is 7.33. The third-order valence-corrected chi connectivity index (χ3v) is 3.84. The van der Waals surface area contributed by atoms with Crippen molar-refractivity contribution in [1.29, 1.82) is 0 Å². The summed E-state index contributed by atoms with van der Waals surface area (Å²) in [6, 6.07) is 0. The van der Waals surface area contributed by atoms with Crippen molar-refractivity contribution < 1.29 is 14.1 Å². The molecule has 112 valence electrons. The van der Waals surface area contributed by atoms with Crippen LogP contribution in [0.5, 0.6) is 0 Å². The number of rotatable bonds is 7. The van der Waals surface area contributed by atoms with E-state index < -0.39 is 22.5 Å². The fourth-order valence-corrected chi connectivity index (χ4v) is 2.63. The lowest BCUT2D eigenvalue weighted by molar-refractivity contribution is -0.136. The van der Waals surface area contributed by atoms with E-state index in [1.165, 1.54) is 4.57 Å². The van der Waals surface area contributed by atoms with E-state index in [4.69, 9.17) is 5.11 Å². The maximum Gasteiger partial charge on any atom is 0.348 e. The SMILES string of the molecule is CCc1nc(=O)n(CCS(C)=O)c(CC)c1CC(=O)O. The molecule has 1 unspecified atom stereocenters.